The van der Waals surface area contributed by atoms with Gasteiger partial charge in [-0.15, -0.1) is 0 Å². The zero-order valence-corrected chi connectivity index (χ0v) is 16.5. The van der Waals surface area contributed by atoms with Crippen molar-refractivity contribution in [3.05, 3.63) is 87.9 Å². The van der Waals surface area contributed by atoms with Gasteiger partial charge in [0.2, 0.25) is 5.95 Å². The first-order chi connectivity index (χ1) is 15.0. The molecule has 8 nitrogen and oxygen atoms in total. The van der Waals surface area contributed by atoms with Crippen LogP contribution in [0.15, 0.2) is 71.8 Å². The molecular weight excluding hydrogens is 420 g/mol. The summed E-state index contributed by atoms with van der Waals surface area (Å²) in [7, 11) is 0. The molecule has 2 N–H and O–H groups in total. The molecule has 0 fully saturated rings. The largest absolute Gasteiger partial charge is 0.478 e. The van der Waals surface area contributed by atoms with Crippen LogP contribution in [0.2, 0.25) is 5.02 Å². The summed E-state index contributed by atoms with van der Waals surface area (Å²) in [6.45, 7) is 0. The van der Waals surface area contributed by atoms with Gasteiger partial charge in [0.25, 0.3) is 5.56 Å². The van der Waals surface area contributed by atoms with E-state index in [9.17, 15) is 9.59 Å². The summed E-state index contributed by atoms with van der Waals surface area (Å²) < 4.78 is 7.21. The van der Waals surface area contributed by atoms with Gasteiger partial charge in [0.05, 0.1) is 27.7 Å². The van der Waals surface area contributed by atoms with Gasteiger partial charge in [-0.05, 0) is 23.6 Å². The Labute approximate surface area is 179 Å². The Morgan fingerprint density at radius 1 is 1.06 bits per heavy atom. The number of rotatable bonds is 4. The molecule has 0 saturated carbocycles. The molecular formula is C22H13ClN4O4. The molecule has 2 heterocycles. The predicted molar refractivity (Wildman–Crippen MR) is 115 cm³/mol. The van der Waals surface area contributed by atoms with Crippen LogP contribution in [0, 0.1) is 0 Å². The minimum Gasteiger partial charge on any atom is -0.478 e. The SMILES string of the molecule is O=C(O)c1cnn(-c2nc3cc(Cl)c(Oc4cccc5ccccc45)cc3c(=O)[nH]2)c1. The van der Waals surface area contributed by atoms with E-state index < -0.39 is 11.5 Å². The molecule has 5 rings (SSSR count). The minimum absolute atomic E-state index is 0.0281. The second-order valence-corrected chi connectivity index (χ2v) is 7.15. The normalized spacial score (nSPS) is 11.1. The predicted octanol–water partition coefficient (Wildman–Crippen LogP) is 4.41. The lowest BCUT2D eigenvalue weighted by Gasteiger charge is -2.11. The summed E-state index contributed by atoms with van der Waals surface area (Å²) in [6.07, 6.45) is 2.42. The Kier molecular flexibility index (Phi) is 4.41. The molecule has 0 atom stereocenters. The van der Waals surface area contributed by atoms with Crippen LogP contribution in [0.1, 0.15) is 10.4 Å². The van der Waals surface area contributed by atoms with Crippen molar-refractivity contribution >= 4 is 39.2 Å². The van der Waals surface area contributed by atoms with Gasteiger partial charge in [-0.2, -0.15) is 5.10 Å². The number of aromatic carboxylic acids is 1. The zero-order chi connectivity index (χ0) is 21.5. The minimum atomic E-state index is -1.13. The lowest BCUT2D eigenvalue weighted by Crippen LogP contribution is -2.14. The Balaban J connectivity index is 1.58. The van der Waals surface area contributed by atoms with Crippen LogP contribution in [-0.4, -0.2) is 30.8 Å². The highest BCUT2D eigenvalue weighted by molar-refractivity contribution is 6.32. The van der Waals surface area contributed by atoms with E-state index in [4.69, 9.17) is 21.4 Å². The summed E-state index contributed by atoms with van der Waals surface area (Å²) in [6, 6.07) is 16.5. The van der Waals surface area contributed by atoms with Crippen molar-refractivity contribution in [3.8, 4) is 17.4 Å². The molecule has 0 saturated heterocycles. The molecule has 0 radical (unpaired) electrons. The molecule has 0 bridgehead atoms. The number of carbonyl (C=O) groups is 1. The molecule has 0 aliphatic heterocycles. The van der Waals surface area contributed by atoms with E-state index >= 15 is 0 Å². The number of halogens is 1. The molecule has 152 valence electrons. The summed E-state index contributed by atoms with van der Waals surface area (Å²) in [5.41, 5.74) is -0.146. The van der Waals surface area contributed by atoms with Crippen LogP contribution in [0.4, 0.5) is 0 Å². The van der Waals surface area contributed by atoms with E-state index in [1.807, 2.05) is 42.5 Å². The molecule has 3 aromatic carbocycles. The van der Waals surface area contributed by atoms with E-state index in [0.717, 1.165) is 10.8 Å². The fourth-order valence-corrected chi connectivity index (χ4v) is 3.46. The van der Waals surface area contributed by atoms with Crippen LogP contribution in [-0.2, 0) is 0 Å². The number of fused-ring (bicyclic) bond motifs is 2. The second-order valence-electron chi connectivity index (χ2n) is 6.75. The lowest BCUT2D eigenvalue weighted by atomic mass is 10.1. The number of aromatic amines is 1. The fourth-order valence-electron chi connectivity index (χ4n) is 3.27. The van der Waals surface area contributed by atoms with Gasteiger partial charge in [-0.25, -0.2) is 14.5 Å². The summed E-state index contributed by atoms with van der Waals surface area (Å²) in [5, 5.41) is 15.4. The molecule has 2 aromatic heterocycles. The number of hydrogen-bond donors (Lipinski definition) is 2. The first-order valence-corrected chi connectivity index (χ1v) is 9.55. The van der Waals surface area contributed by atoms with Gasteiger partial charge in [-0.3, -0.25) is 9.78 Å². The molecule has 0 amide bonds. The van der Waals surface area contributed by atoms with Crippen LogP contribution in [0.25, 0.3) is 27.6 Å². The number of carboxylic acid groups (broad SMARTS) is 1. The number of ether oxygens (including phenoxy) is 1. The van der Waals surface area contributed by atoms with Gasteiger partial charge in [0, 0.05) is 11.6 Å². The Morgan fingerprint density at radius 3 is 2.68 bits per heavy atom. The third-order valence-electron chi connectivity index (χ3n) is 4.76. The maximum atomic E-state index is 12.7. The van der Waals surface area contributed by atoms with E-state index in [-0.39, 0.29) is 21.9 Å². The third-order valence-corrected chi connectivity index (χ3v) is 5.06. The van der Waals surface area contributed by atoms with Gasteiger partial charge < -0.3 is 9.84 Å². The smallest absolute Gasteiger partial charge is 0.338 e. The summed E-state index contributed by atoms with van der Waals surface area (Å²) in [5.74, 6) is -0.132. The van der Waals surface area contributed by atoms with Crippen LogP contribution >= 0.6 is 11.6 Å². The molecule has 9 heteroatoms. The lowest BCUT2D eigenvalue weighted by molar-refractivity contribution is 0.0697. The quantitative estimate of drug-likeness (QED) is 0.435. The summed E-state index contributed by atoms with van der Waals surface area (Å²) in [4.78, 5) is 30.7. The van der Waals surface area contributed by atoms with Crippen molar-refractivity contribution in [1.82, 2.24) is 19.7 Å². The number of benzene rings is 3. The van der Waals surface area contributed by atoms with E-state index in [1.165, 1.54) is 29.2 Å². The fraction of sp³-hybridized carbons (Fsp3) is 0. The highest BCUT2D eigenvalue weighted by Crippen LogP contribution is 2.35. The molecule has 31 heavy (non-hydrogen) atoms. The zero-order valence-electron chi connectivity index (χ0n) is 15.7. The molecule has 0 aliphatic rings. The van der Waals surface area contributed by atoms with Crippen LogP contribution in [0.3, 0.4) is 0 Å². The van der Waals surface area contributed by atoms with Crippen LogP contribution in [0.5, 0.6) is 11.5 Å². The number of nitrogens with zero attached hydrogens (tertiary/aromatic N) is 3. The average molecular weight is 433 g/mol. The third kappa shape index (κ3) is 3.38. The number of aromatic nitrogens is 4. The Hall–Kier alpha value is -4.17. The standard InChI is InChI=1S/C22H13ClN4O4/c23-16-9-17-15(20(28)26-22(25-17)27-11-13(10-24-27)21(29)30)8-19(16)31-18-7-3-5-12-4-1-2-6-14(12)18/h1-11H,(H,29,30)(H,25,26,28). The van der Waals surface area contributed by atoms with E-state index in [1.54, 1.807) is 0 Å². The number of hydrogen-bond acceptors (Lipinski definition) is 5. The van der Waals surface area contributed by atoms with Crippen molar-refractivity contribution < 1.29 is 14.6 Å². The number of nitrogens with one attached hydrogen (secondary N) is 1. The van der Waals surface area contributed by atoms with Crippen molar-refractivity contribution in [2.75, 3.05) is 0 Å². The average Bonchev–Trinajstić information content (AvgIpc) is 3.26. The Bertz CT molecular complexity index is 1530. The molecule has 0 aliphatic carbocycles. The maximum Gasteiger partial charge on any atom is 0.338 e. The van der Waals surface area contributed by atoms with Crippen molar-refractivity contribution in [2.24, 2.45) is 0 Å². The maximum absolute atomic E-state index is 12.7. The molecule has 5 aromatic rings. The van der Waals surface area contributed by atoms with E-state index in [2.05, 4.69) is 15.1 Å². The van der Waals surface area contributed by atoms with Crippen molar-refractivity contribution in [3.63, 3.8) is 0 Å². The summed E-state index contributed by atoms with van der Waals surface area (Å²) >= 11 is 6.42. The van der Waals surface area contributed by atoms with Gasteiger partial charge in [-0.1, -0.05) is 48.0 Å². The molecule has 0 spiro atoms. The second kappa shape index (κ2) is 7.26. The monoisotopic (exact) mass is 432 g/mol. The van der Waals surface area contributed by atoms with Crippen molar-refractivity contribution in [1.29, 1.82) is 0 Å². The highest BCUT2D eigenvalue weighted by Gasteiger charge is 2.14. The van der Waals surface area contributed by atoms with Gasteiger partial charge in [0.1, 0.15) is 11.5 Å². The molecule has 0 unspecified atom stereocenters. The first kappa shape index (κ1) is 18.8. The van der Waals surface area contributed by atoms with Gasteiger partial charge in [0.15, 0.2) is 0 Å². The first-order valence-electron chi connectivity index (χ1n) is 9.17. The van der Waals surface area contributed by atoms with Gasteiger partial charge >= 0.3 is 5.97 Å². The van der Waals surface area contributed by atoms with Crippen LogP contribution < -0.4 is 10.3 Å². The highest BCUT2D eigenvalue weighted by atomic mass is 35.5. The van der Waals surface area contributed by atoms with E-state index in [0.29, 0.717) is 17.0 Å². The topological polar surface area (TPSA) is 110 Å². The number of carboxylic acids is 1. The Morgan fingerprint density at radius 2 is 1.87 bits per heavy atom. The van der Waals surface area contributed by atoms with Crippen molar-refractivity contribution in [2.45, 2.75) is 0 Å². The number of H-pyrrole nitrogens is 1.